The van der Waals surface area contributed by atoms with Gasteiger partial charge in [-0.15, -0.1) is 0 Å². The third-order valence-corrected chi connectivity index (χ3v) is 4.86. The summed E-state index contributed by atoms with van der Waals surface area (Å²) in [6, 6.07) is 6.27. The number of nitrogens with one attached hydrogen (secondary N) is 2. The van der Waals surface area contributed by atoms with Gasteiger partial charge in [-0.05, 0) is 49.9 Å². The fraction of sp³-hybridized carbons (Fsp3) is 0.250. The normalized spacial score (nSPS) is 17.5. The standard InChI is InChI=1S/C20H21BrN2O/c1-3-4-5-7-13(2)20(24)23-18-9-6-8-15-16-12-14(21)10-11-17(16)22-19(15)18/h3-5,7,10-12,18,22H,2,6,8-9H2,1H3,(H,23,24)/b4-3-,7-5-. The molecular formula is C20H21BrN2O. The Balaban J connectivity index is 1.83. The molecule has 0 aliphatic heterocycles. The van der Waals surface area contributed by atoms with Crippen molar-refractivity contribution in [3.8, 4) is 0 Å². The molecule has 0 saturated carbocycles. The Bertz CT molecular complexity index is 845. The molecule has 0 fully saturated rings. The lowest BCUT2D eigenvalue weighted by Crippen LogP contribution is -2.31. The van der Waals surface area contributed by atoms with Gasteiger partial charge < -0.3 is 10.3 Å². The fourth-order valence-electron chi connectivity index (χ4n) is 3.19. The van der Waals surface area contributed by atoms with Crippen LogP contribution in [0.1, 0.15) is 37.1 Å². The lowest BCUT2D eigenvalue weighted by atomic mass is 9.91. The van der Waals surface area contributed by atoms with Crippen molar-refractivity contribution in [3.05, 3.63) is 70.4 Å². The van der Waals surface area contributed by atoms with E-state index >= 15 is 0 Å². The first-order chi connectivity index (χ1) is 11.6. The predicted octanol–water partition coefficient (Wildman–Crippen LogP) is 5.11. The number of fused-ring (bicyclic) bond motifs is 3. The summed E-state index contributed by atoms with van der Waals surface area (Å²) in [5, 5.41) is 4.36. The summed E-state index contributed by atoms with van der Waals surface area (Å²) >= 11 is 3.54. The number of carbonyl (C=O) groups is 1. The van der Waals surface area contributed by atoms with E-state index in [1.54, 1.807) is 6.08 Å². The van der Waals surface area contributed by atoms with Gasteiger partial charge in [0.2, 0.25) is 0 Å². The minimum absolute atomic E-state index is 0.0132. The van der Waals surface area contributed by atoms with E-state index in [-0.39, 0.29) is 11.9 Å². The number of hydrogen-bond donors (Lipinski definition) is 2. The number of hydrogen-bond acceptors (Lipinski definition) is 1. The summed E-state index contributed by atoms with van der Waals surface area (Å²) in [4.78, 5) is 15.9. The Labute approximate surface area is 150 Å². The van der Waals surface area contributed by atoms with E-state index in [2.05, 4.69) is 44.9 Å². The summed E-state index contributed by atoms with van der Waals surface area (Å²) in [7, 11) is 0. The zero-order chi connectivity index (χ0) is 17.1. The molecule has 124 valence electrons. The van der Waals surface area contributed by atoms with Gasteiger partial charge in [-0.2, -0.15) is 0 Å². The number of aromatic nitrogens is 1. The van der Waals surface area contributed by atoms with Crippen LogP contribution in [0, 0.1) is 0 Å². The highest BCUT2D eigenvalue weighted by atomic mass is 79.9. The first-order valence-electron chi connectivity index (χ1n) is 8.19. The Hall–Kier alpha value is -2.07. The van der Waals surface area contributed by atoms with Crippen LogP contribution in [0.15, 0.2) is 59.1 Å². The first-order valence-corrected chi connectivity index (χ1v) is 8.98. The molecule has 3 rings (SSSR count). The van der Waals surface area contributed by atoms with E-state index in [9.17, 15) is 4.79 Å². The molecule has 0 spiro atoms. The van der Waals surface area contributed by atoms with Crippen LogP contribution in [0.5, 0.6) is 0 Å². The Morgan fingerprint density at radius 1 is 1.42 bits per heavy atom. The number of allylic oxidation sites excluding steroid dienone is 3. The molecule has 1 aliphatic carbocycles. The van der Waals surface area contributed by atoms with Crippen LogP contribution < -0.4 is 5.32 Å². The predicted molar refractivity (Wildman–Crippen MR) is 103 cm³/mol. The number of carbonyl (C=O) groups excluding carboxylic acids is 1. The SMILES string of the molecule is C=C(/C=C\C=C/C)C(=O)NC1CCCc2c1[nH]c1ccc(Br)cc21. The average molecular weight is 385 g/mol. The summed E-state index contributed by atoms with van der Waals surface area (Å²) in [6.45, 7) is 5.79. The molecule has 1 amide bonds. The van der Waals surface area contributed by atoms with Gasteiger partial charge in [0.25, 0.3) is 5.91 Å². The van der Waals surface area contributed by atoms with Crippen LogP contribution in [0.3, 0.4) is 0 Å². The van der Waals surface area contributed by atoms with Crippen LogP contribution in [-0.4, -0.2) is 10.9 Å². The number of aromatic amines is 1. The lowest BCUT2D eigenvalue weighted by molar-refractivity contribution is -0.118. The zero-order valence-electron chi connectivity index (χ0n) is 13.7. The topological polar surface area (TPSA) is 44.9 Å². The second kappa shape index (κ2) is 7.22. The van der Waals surface area contributed by atoms with Gasteiger partial charge in [0.1, 0.15) is 0 Å². The van der Waals surface area contributed by atoms with E-state index in [4.69, 9.17) is 0 Å². The van der Waals surface area contributed by atoms with E-state index in [1.807, 2.05) is 31.2 Å². The average Bonchev–Trinajstić information content (AvgIpc) is 2.94. The number of benzene rings is 1. The van der Waals surface area contributed by atoms with Gasteiger partial charge in [0.15, 0.2) is 0 Å². The van der Waals surface area contributed by atoms with Gasteiger partial charge >= 0.3 is 0 Å². The Kier molecular flexibility index (Phi) is 5.05. The molecule has 1 heterocycles. The number of H-pyrrole nitrogens is 1. The number of amides is 1. The monoisotopic (exact) mass is 384 g/mol. The maximum Gasteiger partial charge on any atom is 0.251 e. The van der Waals surface area contributed by atoms with Crippen molar-refractivity contribution >= 4 is 32.7 Å². The van der Waals surface area contributed by atoms with Crippen LogP contribution >= 0.6 is 15.9 Å². The third kappa shape index (κ3) is 3.39. The van der Waals surface area contributed by atoms with Crippen molar-refractivity contribution in [3.63, 3.8) is 0 Å². The van der Waals surface area contributed by atoms with Crippen LogP contribution in [0.2, 0.25) is 0 Å². The summed E-state index contributed by atoms with van der Waals surface area (Å²) in [5.74, 6) is -0.117. The quantitative estimate of drug-likeness (QED) is 0.557. The molecule has 1 aromatic carbocycles. The lowest BCUT2D eigenvalue weighted by Gasteiger charge is -2.24. The highest BCUT2D eigenvalue weighted by molar-refractivity contribution is 9.10. The van der Waals surface area contributed by atoms with Crippen molar-refractivity contribution in [2.75, 3.05) is 0 Å². The van der Waals surface area contributed by atoms with Crippen LogP contribution in [0.25, 0.3) is 10.9 Å². The number of aryl methyl sites for hydroxylation is 1. The molecule has 0 bridgehead atoms. The second-order valence-corrected chi connectivity index (χ2v) is 6.95. The Morgan fingerprint density at radius 2 is 2.25 bits per heavy atom. The summed E-state index contributed by atoms with van der Waals surface area (Å²) < 4.78 is 1.07. The fourth-order valence-corrected chi connectivity index (χ4v) is 3.55. The molecule has 1 aromatic heterocycles. The largest absolute Gasteiger partial charge is 0.356 e. The highest BCUT2D eigenvalue weighted by Gasteiger charge is 2.25. The van der Waals surface area contributed by atoms with Crippen molar-refractivity contribution in [1.29, 1.82) is 0 Å². The van der Waals surface area contributed by atoms with Gasteiger partial charge in [-0.3, -0.25) is 4.79 Å². The van der Waals surface area contributed by atoms with E-state index in [0.717, 1.165) is 34.9 Å². The van der Waals surface area contributed by atoms with E-state index < -0.39 is 0 Å². The minimum Gasteiger partial charge on any atom is -0.356 e. The second-order valence-electron chi connectivity index (χ2n) is 6.04. The maximum atomic E-state index is 12.4. The van der Waals surface area contributed by atoms with Gasteiger partial charge in [0, 0.05) is 26.6 Å². The molecule has 4 heteroatoms. The van der Waals surface area contributed by atoms with Crippen LogP contribution in [0.4, 0.5) is 0 Å². The summed E-state index contributed by atoms with van der Waals surface area (Å²) in [5.41, 5.74) is 4.04. The first kappa shape index (κ1) is 16.8. The molecule has 2 N–H and O–H groups in total. The molecule has 0 saturated heterocycles. The Morgan fingerprint density at radius 3 is 3.04 bits per heavy atom. The molecule has 1 aliphatic rings. The molecule has 1 atom stereocenters. The van der Waals surface area contributed by atoms with E-state index in [0.29, 0.717) is 5.57 Å². The molecule has 0 radical (unpaired) electrons. The van der Waals surface area contributed by atoms with Gasteiger partial charge in [-0.25, -0.2) is 0 Å². The molecule has 2 aromatic rings. The van der Waals surface area contributed by atoms with Crippen LogP contribution in [-0.2, 0) is 11.2 Å². The maximum absolute atomic E-state index is 12.4. The highest BCUT2D eigenvalue weighted by Crippen LogP contribution is 2.35. The van der Waals surface area contributed by atoms with Crippen molar-refractivity contribution < 1.29 is 4.79 Å². The van der Waals surface area contributed by atoms with E-state index in [1.165, 1.54) is 10.9 Å². The molecule has 1 unspecified atom stereocenters. The molecule has 3 nitrogen and oxygen atoms in total. The third-order valence-electron chi connectivity index (χ3n) is 4.37. The summed E-state index contributed by atoms with van der Waals surface area (Å²) in [6.07, 6.45) is 10.4. The van der Waals surface area contributed by atoms with Crippen molar-refractivity contribution in [1.82, 2.24) is 10.3 Å². The minimum atomic E-state index is -0.117. The van der Waals surface area contributed by atoms with Gasteiger partial charge in [0.05, 0.1) is 6.04 Å². The number of rotatable bonds is 4. The smallest absolute Gasteiger partial charge is 0.251 e. The molecule has 24 heavy (non-hydrogen) atoms. The number of halogens is 1. The zero-order valence-corrected chi connectivity index (χ0v) is 15.3. The van der Waals surface area contributed by atoms with Crippen molar-refractivity contribution in [2.24, 2.45) is 0 Å². The molecular weight excluding hydrogens is 364 g/mol. The van der Waals surface area contributed by atoms with Crippen molar-refractivity contribution in [2.45, 2.75) is 32.2 Å². The van der Waals surface area contributed by atoms with Gasteiger partial charge in [-0.1, -0.05) is 46.8 Å².